The minimum absolute atomic E-state index is 0.00231. The third-order valence-corrected chi connectivity index (χ3v) is 6.94. The van der Waals surface area contributed by atoms with E-state index in [1.54, 1.807) is 12.3 Å². The highest BCUT2D eigenvalue weighted by molar-refractivity contribution is 7.89. The molecule has 1 saturated heterocycles. The molecule has 2 N–H and O–H groups in total. The standard InChI is InChI=1S/C19H21N3O5S/c23-18-12-22(9-8-20-18)28(25,26)14-4-1-3-13(11-14)19(24)21-16-5-2-6-17-15(16)7-10-27-17/h1,3-4,7,10-11,16H,2,5-6,8-9,12H2,(H,20,23)(H,21,24). The van der Waals surface area contributed by atoms with Crippen molar-refractivity contribution in [2.45, 2.75) is 30.2 Å². The van der Waals surface area contributed by atoms with Crippen LogP contribution in [0.5, 0.6) is 0 Å². The molecule has 28 heavy (non-hydrogen) atoms. The molecule has 4 rings (SSSR count). The zero-order valence-electron chi connectivity index (χ0n) is 15.2. The maximum Gasteiger partial charge on any atom is 0.251 e. The Morgan fingerprint density at radius 3 is 2.96 bits per heavy atom. The van der Waals surface area contributed by atoms with Crippen molar-refractivity contribution in [3.05, 3.63) is 53.5 Å². The number of rotatable bonds is 4. The van der Waals surface area contributed by atoms with Crippen molar-refractivity contribution in [1.29, 1.82) is 0 Å². The summed E-state index contributed by atoms with van der Waals surface area (Å²) in [5, 5.41) is 5.57. The molecule has 148 valence electrons. The van der Waals surface area contributed by atoms with Crippen LogP contribution in [-0.2, 0) is 21.2 Å². The Morgan fingerprint density at radius 1 is 1.29 bits per heavy atom. The molecule has 1 fully saturated rings. The largest absolute Gasteiger partial charge is 0.469 e. The lowest BCUT2D eigenvalue weighted by Crippen LogP contribution is -2.49. The van der Waals surface area contributed by atoms with E-state index in [1.165, 1.54) is 18.2 Å². The first kappa shape index (κ1) is 18.7. The molecule has 9 heteroatoms. The van der Waals surface area contributed by atoms with E-state index in [9.17, 15) is 18.0 Å². The highest BCUT2D eigenvalue weighted by Gasteiger charge is 2.30. The van der Waals surface area contributed by atoms with Crippen molar-refractivity contribution < 1.29 is 22.4 Å². The zero-order valence-corrected chi connectivity index (χ0v) is 16.0. The van der Waals surface area contributed by atoms with Gasteiger partial charge in [-0.3, -0.25) is 9.59 Å². The Kier molecular flexibility index (Phi) is 4.94. The van der Waals surface area contributed by atoms with Crippen LogP contribution in [0.25, 0.3) is 0 Å². The Bertz CT molecular complexity index is 1010. The van der Waals surface area contributed by atoms with Crippen LogP contribution in [0.1, 0.15) is 40.6 Å². The van der Waals surface area contributed by atoms with Gasteiger partial charge in [-0.2, -0.15) is 4.31 Å². The van der Waals surface area contributed by atoms with Crippen molar-refractivity contribution in [2.75, 3.05) is 19.6 Å². The molecular formula is C19H21N3O5S. The molecule has 1 aromatic carbocycles. The molecule has 1 aliphatic heterocycles. The van der Waals surface area contributed by atoms with Gasteiger partial charge in [0, 0.05) is 30.6 Å². The van der Waals surface area contributed by atoms with Gasteiger partial charge >= 0.3 is 0 Å². The third-order valence-electron chi connectivity index (χ3n) is 5.09. The maximum absolute atomic E-state index is 12.8. The molecule has 2 amide bonds. The van der Waals surface area contributed by atoms with Gasteiger partial charge in [-0.15, -0.1) is 0 Å². The first-order valence-electron chi connectivity index (χ1n) is 9.19. The Balaban J connectivity index is 1.54. The Hall–Kier alpha value is -2.65. The number of hydrogen-bond donors (Lipinski definition) is 2. The first-order valence-corrected chi connectivity index (χ1v) is 10.6. The second-order valence-corrected chi connectivity index (χ2v) is 8.87. The van der Waals surface area contributed by atoms with E-state index in [0.717, 1.165) is 34.9 Å². The number of benzene rings is 1. The fraction of sp³-hybridized carbons (Fsp3) is 0.368. The number of sulfonamides is 1. The summed E-state index contributed by atoms with van der Waals surface area (Å²) < 4.78 is 32.2. The quantitative estimate of drug-likeness (QED) is 0.798. The topological polar surface area (TPSA) is 109 Å². The summed E-state index contributed by atoms with van der Waals surface area (Å²) in [6.45, 7) is 0.257. The molecular weight excluding hydrogens is 382 g/mol. The monoisotopic (exact) mass is 403 g/mol. The Labute approximate surface area is 162 Å². The predicted octanol–water partition coefficient (Wildman–Crippen LogP) is 1.21. The van der Waals surface area contributed by atoms with Gasteiger partial charge in [-0.25, -0.2) is 8.42 Å². The van der Waals surface area contributed by atoms with Gasteiger partial charge in [0.2, 0.25) is 15.9 Å². The molecule has 0 radical (unpaired) electrons. The normalized spacial score (nSPS) is 20.3. The summed E-state index contributed by atoms with van der Waals surface area (Å²) in [5.74, 6) is 0.209. The molecule has 2 aliphatic rings. The number of furan rings is 1. The number of fused-ring (bicyclic) bond motifs is 1. The number of nitrogens with one attached hydrogen (secondary N) is 2. The zero-order chi connectivity index (χ0) is 19.7. The van der Waals surface area contributed by atoms with Crippen LogP contribution in [0, 0.1) is 0 Å². The molecule has 0 bridgehead atoms. The number of carbonyl (C=O) groups excluding carboxylic acids is 2. The molecule has 0 spiro atoms. The van der Waals surface area contributed by atoms with E-state index in [2.05, 4.69) is 10.6 Å². The van der Waals surface area contributed by atoms with Gasteiger partial charge < -0.3 is 15.1 Å². The van der Waals surface area contributed by atoms with Crippen LogP contribution in [0.2, 0.25) is 0 Å². The van der Waals surface area contributed by atoms with E-state index < -0.39 is 10.0 Å². The molecule has 1 aromatic heterocycles. The lowest BCUT2D eigenvalue weighted by atomic mass is 9.93. The van der Waals surface area contributed by atoms with Gasteiger partial charge in [-0.05, 0) is 37.1 Å². The van der Waals surface area contributed by atoms with Gasteiger partial charge in [0.15, 0.2) is 0 Å². The molecule has 2 heterocycles. The highest BCUT2D eigenvalue weighted by atomic mass is 32.2. The van der Waals surface area contributed by atoms with Crippen LogP contribution in [-0.4, -0.2) is 44.2 Å². The second kappa shape index (κ2) is 7.40. The fourth-order valence-corrected chi connectivity index (χ4v) is 5.09. The highest BCUT2D eigenvalue weighted by Crippen LogP contribution is 2.30. The summed E-state index contributed by atoms with van der Waals surface area (Å²) in [6, 6.07) is 7.62. The molecule has 1 atom stereocenters. The van der Waals surface area contributed by atoms with E-state index in [0.29, 0.717) is 0 Å². The van der Waals surface area contributed by atoms with Crippen LogP contribution in [0.15, 0.2) is 45.9 Å². The van der Waals surface area contributed by atoms with E-state index in [1.807, 2.05) is 6.07 Å². The second-order valence-electron chi connectivity index (χ2n) is 6.93. The van der Waals surface area contributed by atoms with Gasteiger partial charge in [0.05, 0.1) is 23.7 Å². The molecule has 1 unspecified atom stereocenters. The summed E-state index contributed by atoms with van der Waals surface area (Å²) in [6.07, 6.45) is 4.19. The van der Waals surface area contributed by atoms with Crippen LogP contribution in [0.3, 0.4) is 0 Å². The summed E-state index contributed by atoms with van der Waals surface area (Å²) >= 11 is 0. The SMILES string of the molecule is O=C1CN(S(=O)(=O)c2cccc(C(=O)NC3CCCc4occc43)c2)CCN1. The van der Waals surface area contributed by atoms with Crippen molar-refractivity contribution in [2.24, 2.45) is 0 Å². The van der Waals surface area contributed by atoms with E-state index in [4.69, 9.17) is 4.42 Å². The molecule has 1 aliphatic carbocycles. The minimum Gasteiger partial charge on any atom is -0.469 e. The van der Waals surface area contributed by atoms with Crippen LogP contribution < -0.4 is 10.6 Å². The molecule has 0 saturated carbocycles. The van der Waals surface area contributed by atoms with Gasteiger partial charge in [0.1, 0.15) is 5.76 Å². The smallest absolute Gasteiger partial charge is 0.251 e. The lowest BCUT2D eigenvalue weighted by molar-refractivity contribution is -0.122. The summed E-state index contributed by atoms with van der Waals surface area (Å²) in [7, 11) is -3.85. The van der Waals surface area contributed by atoms with Gasteiger partial charge in [-0.1, -0.05) is 6.07 Å². The average Bonchev–Trinajstić information content (AvgIpc) is 3.18. The summed E-state index contributed by atoms with van der Waals surface area (Å²) in [4.78, 5) is 24.3. The van der Waals surface area contributed by atoms with Crippen LogP contribution >= 0.6 is 0 Å². The number of amides is 2. The van der Waals surface area contributed by atoms with Gasteiger partial charge in [0.25, 0.3) is 5.91 Å². The predicted molar refractivity (Wildman–Crippen MR) is 100 cm³/mol. The van der Waals surface area contributed by atoms with Crippen LogP contribution in [0.4, 0.5) is 0 Å². The Morgan fingerprint density at radius 2 is 2.14 bits per heavy atom. The number of carbonyl (C=O) groups is 2. The first-order chi connectivity index (χ1) is 13.4. The van der Waals surface area contributed by atoms with Crippen molar-refractivity contribution in [3.63, 3.8) is 0 Å². The number of aryl methyl sites for hydroxylation is 1. The van der Waals surface area contributed by atoms with E-state index >= 15 is 0 Å². The fourth-order valence-electron chi connectivity index (χ4n) is 3.65. The average molecular weight is 403 g/mol. The van der Waals surface area contributed by atoms with Crippen molar-refractivity contribution >= 4 is 21.8 Å². The maximum atomic E-state index is 12.8. The minimum atomic E-state index is -3.85. The van der Waals surface area contributed by atoms with Crippen molar-refractivity contribution in [3.8, 4) is 0 Å². The number of hydrogen-bond acceptors (Lipinski definition) is 5. The number of nitrogens with zero attached hydrogens (tertiary/aromatic N) is 1. The molecule has 8 nitrogen and oxygen atoms in total. The number of piperazine rings is 1. The molecule has 2 aromatic rings. The summed E-state index contributed by atoms with van der Waals surface area (Å²) in [5.41, 5.74) is 1.24. The third kappa shape index (κ3) is 3.55. The lowest BCUT2D eigenvalue weighted by Gasteiger charge is -2.26. The van der Waals surface area contributed by atoms with Crippen molar-refractivity contribution in [1.82, 2.24) is 14.9 Å². The van der Waals surface area contributed by atoms with E-state index in [-0.39, 0.29) is 47.9 Å².